The molecule has 3 nitrogen and oxygen atoms in total. The van der Waals surface area contributed by atoms with Crippen LogP contribution in [0.1, 0.15) is 24.1 Å². The number of aromatic nitrogens is 1. The summed E-state index contributed by atoms with van der Waals surface area (Å²) in [6.45, 7) is 1.30. The first-order valence-electron chi connectivity index (χ1n) is 4.19. The van der Waals surface area contributed by atoms with Gasteiger partial charge in [0.25, 0.3) is 0 Å². The number of aliphatic carboxylic acids is 1. The van der Waals surface area contributed by atoms with Gasteiger partial charge in [0, 0.05) is 6.20 Å². The lowest BCUT2D eigenvalue weighted by atomic mass is 10.1. The Hall–Kier alpha value is -1.30. The van der Waals surface area contributed by atoms with Crippen LogP contribution in [0.4, 0.5) is 13.2 Å². The molecule has 0 saturated heterocycles. The van der Waals surface area contributed by atoms with Gasteiger partial charge >= 0.3 is 12.1 Å². The van der Waals surface area contributed by atoms with Gasteiger partial charge in [-0.15, -0.1) is 0 Å². The van der Waals surface area contributed by atoms with E-state index in [0.29, 0.717) is 12.3 Å². The summed E-state index contributed by atoms with van der Waals surface area (Å²) in [4.78, 5) is 14.0. The van der Waals surface area contributed by atoms with Gasteiger partial charge in [-0.3, -0.25) is 9.78 Å². The summed E-state index contributed by atoms with van der Waals surface area (Å²) in [5.41, 5.74) is -1.08. The molecule has 0 bridgehead atoms. The average Bonchev–Trinajstić information content (AvgIpc) is 2.15. The van der Waals surface area contributed by atoms with Crippen LogP contribution in [-0.2, 0) is 11.0 Å². The quantitative estimate of drug-likeness (QED) is 0.882. The first-order chi connectivity index (χ1) is 7.23. The monoisotopic (exact) mass is 253 g/mol. The van der Waals surface area contributed by atoms with Gasteiger partial charge in [-0.25, -0.2) is 0 Å². The molecule has 0 fully saturated rings. The Morgan fingerprint density at radius 1 is 1.56 bits per heavy atom. The van der Waals surface area contributed by atoms with Gasteiger partial charge in [-0.05, 0) is 13.0 Å². The lowest BCUT2D eigenvalue weighted by Crippen LogP contribution is -2.12. The van der Waals surface area contributed by atoms with Crippen molar-refractivity contribution >= 4 is 17.6 Å². The van der Waals surface area contributed by atoms with Crippen LogP contribution in [0.5, 0.6) is 0 Å². The van der Waals surface area contributed by atoms with Gasteiger partial charge in [-0.1, -0.05) is 11.6 Å². The highest BCUT2D eigenvalue weighted by Gasteiger charge is 2.32. The molecule has 88 valence electrons. The number of hydrogen-bond acceptors (Lipinski definition) is 2. The third kappa shape index (κ3) is 2.63. The molecule has 0 aliphatic carbocycles. The number of carbonyl (C=O) groups is 1. The van der Waals surface area contributed by atoms with Crippen LogP contribution in [0.25, 0.3) is 0 Å². The zero-order chi connectivity index (χ0) is 12.5. The maximum atomic E-state index is 12.2. The molecule has 1 rings (SSSR count). The van der Waals surface area contributed by atoms with Gasteiger partial charge in [-0.2, -0.15) is 13.2 Å². The summed E-state index contributed by atoms with van der Waals surface area (Å²) < 4.78 is 36.7. The SMILES string of the molecule is CC(C(=O)O)c1ncc(C(F)(F)F)cc1Cl. The van der Waals surface area contributed by atoms with E-state index in [0.717, 1.165) is 0 Å². The van der Waals surface area contributed by atoms with Gasteiger partial charge in [0.1, 0.15) is 0 Å². The third-order valence-electron chi connectivity index (χ3n) is 1.98. The fourth-order valence-corrected chi connectivity index (χ4v) is 1.37. The summed E-state index contributed by atoms with van der Waals surface area (Å²) in [6.07, 6.45) is -3.97. The van der Waals surface area contributed by atoms with E-state index < -0.39 is 23.6 Å². The molecular formula is C9H7ClF3NO2. The molecule has 1 unspecified atom stereocenters. The fourth-order valence-electron chi connectivity index (χ4n) is 1.04. The van der Waals surface area contributed by atoms with E-state index in [1.54, 1.807) is 0 Å². The largest absolute Gasteiger partial charge is 0.481 e. The number of rotatable bonds is 2. The topological polar surface area (TPSA) is 50.2 Å². The zero-order valence-corrected chi connectivity index (χ0v) is 8.80. The molecule has 16 heavy (non-hydrogen) atoms. The van der Waals surface area contributed by atoms with E-state index >= 15 is 0 Å². The minimum Gasteiger partial charge on any atom is -0.481 e. The zero-order valence-electron chi connectivity index (χ0n) is 8.05. The van der Waals surface area contributed by atoms with Gasteiger partial charge in [0.05, 0.1) is 22.2 Å². The van der Waals surface area contributed by atoms with Crippen LogP contribution in [0.15, 0.2) is 12.3 Å². The molecule has 1 atom stereocenters. The summed E-state index contributed by atoms with van der Waals surface area (Å²) in [5, 5.41) is 8.37. The maximum Gasteiger partial charge on any atom is 0.417 e. The highest BCUT2D eigenvalue weighted by Crippen LogP contribution is 2.32. The first kappa shape index (κ1) is 12.8. The van der Waals surface area contributed by atoms with Crippen molar-refractivity contribution in [3.63, 3.8) is 0 Å². The summed E-state index contributed by atoms with van der Waals surface area (Å²) >= 11 is 5.55. The van der Waals surface area contributed by atoms with Crippen molar-refractivity contribution in [3.8, 4) is 0 Å². The molecule has 0 aliphatic rings. The van der Waals surface area contributed by atoms with Crippen molar-refractivity contribution in [2.24, 2.45) is 0 Å². The minimum atomic E-state index is -4.54. The van der Waals surface area contributed by atoms with Crippen LogP contribution < -0.4 is 0 Å². The molecule has 0 radical (unpaired) electrons. The van der Waals surface area contributed by atoms with Crippen LogP contribution >= 0.6 is 11.6 Å². The Morgan fingerprint density at radius 2 is 2.12 bits per heavy atom. The van der Waals surface area contributed by atoms with Crippen molar-refractivity contribution in [3.05, 3.63) is 28.5 Å². The molecule has 1 aromatic heterocycles. The lowest BCUT2D eigenvalue weighted by Gasteiger charge is -2.11. The number of carboxylic acids is 1. The molecule has 0 amide bonds. The lowest BCUT2D eigenvalue weighted by molar-refractivity contribution is -0.138. The molecular weight excluding hydrogens is 247 g/mol. The molecule has 0 aromatic carbocycles. The van der Waals surface area contributed by atoms with Crippen LogP contribution in [0.3, 0.4) is 0 Å². The van der Waals surface area contributed by atoms with Crippen molar-refractivity contribution in [1.82, 2.24) is 4.98 Å². The first-order valence-corrected chi connectivity index (χ1v) is 4.56. The van der Waals surface area contributed by atoms with Gasteiger partial charge < -0.3 is 5.11 Å². The summed E-state index contributed by atoms with van der Waals surface area (Å²) in [6, 6.07) is 0.670. The Bertz CT molecular complexity index is 420. The molecule has 0 aliphatic heterocycles. The van der Waals surface area contributed by atoms with E-state index in [-0.39, 0.29) is 10.7 Å². The summed E-state index contributed by atoms with van der Waals surface area (Å²) in [5.74, 6) is -2.25. The van der Waals surface area contributed by atoms with E-state index in [9.17, 15) is 18.0 Å². The standard InChI is InChI=1S/C9H7ClF3NO2/c1-4(8(15)16)7-6(10)2-5(3-14-7)9(11,12)13/h2-4H,1H3,(H,15,16). The molecule has 1 aromatic rings. The molecule has 0 spiro atoms. The third-order valence-corrected chi connectivity index (χ3v) is 2.28. The number of pyridine rings is 1. The van der Waals surface area contributed by atoms with Crippen LogP contribution in [0, 0.1) is 0 Å². The second-order valence-corrected chi connectivity index (χ2v) is 3.56. The predicted octanol–water partition coefficient (Wildman–Crippen LogP) is 2.94. The molecule has 1 N–H and O–H groups in total. The minimum absolute atomic E-state index is 0.0813. The van der Waals surface area contributed by atoms with E-state index in [2.05, 4.69) is 4.98 Å². The number of hydrogen-bond donors (Lipinski definition) is 1. The van der Waals surface area contributed by atoms with Crippen molar-refractivity contribution in [1.29, 1.82) is 0 Å². The number of halogens is 4. The summed E-state index contributed by atoms with van der Waals surface area (Å²) in [7, 11) is 0. The second-order valence-electron chi connectivity index (χ2n) is 3.15. The Morgan fingerprint density at radius 3 is 2.50 bits per heavy atom. The normalized spacial score (nSPS) is 13.6. The molecule has 0 saturated carbocycles. The van der Waals surface area contributed by atoms with E-state index in [1.165, 1.54) is 6.92 Å². The van der Waals surface area contributed by atoms with Gasteiger partial charge in [0.15, 0.2) is 0 Å². The van der Waals surface area contributed by atoms with E-state index in [4.69, 9.17) is 16.7 Å². The Labute approximate surface area is 93.9 Å². The van der Waals surface area contributed by atoms with Crippen molar-refractivity contribution < 1.29 is 23.1 Å². The maximum absolute atomic E-state index is 12.2. The average molecular weight is 254 g/mol. The second kappa shape index (κ2) is 4.29. The molecule has 1 heterocycles. The smallest absolute Gasteiger partial charge is 0.417 e. The predicted molar refractivity (Wildman–Crippen MR) is 50.3 cm³/mol. The van der Waals surface area contributed by atoms with Crippen molar-refractivity contribution in [2.75, 3.05) is 0 Å². The van der Waals surface area contributed by atoms with Gasteiger partial charge in [0.2, 0.25) is 0 Å². The molecule has 7 heteroatoms. The Balaban J connectivity index is 3.15. The number of alkyl halides is 3. The number of carboxylic acid groups (broad SMARTS) is 1. The van der Waals surface area contributed by atoms with Crippen molar-refractivity contribution in [2.45, 2.75) is 19.0 Å². The Kier molecular flexibility index (Phi) is 3.42. The van der Waals surface area contributed by atoms with E-state index in [1.807, 2.05) is 0 Å². The highest BCUT2D eigenvalue weighted by molar-refractivity contribution is 6.31. The van der Waals surface area contributed by atoms with Crippen LogP contribution in [-0.4, -0.2) is 16.1 Å². The fraction of sp³-hybridized carbons (Fsp3) is 0.333. The van der Waals surface area contributed by atoms with Crippen LogP contribution in [0.2, 0.25) is 5.02 Å². The number of nitrogens with zero attached hydrogens (tertiary/aromatic N) is 1. The highest BCUT2D eigenvalue weighted by atomic mass is 35.5.